The van der Waals surface area contributed by atoms with Crippen molar-refractivity contribution in [2.75, 3.05) is 22.8 Å². The van der Waals surface area contributed by atoms with E-state index in [0.29, 0.717) is 0 Å². The van der Waals surface area contributed by atoms with E-state index in [2.05, 4.69) is 4.72 Å². The molecule has 6 heteroatoms. The first-order valence-corrected chi connectivity index (χ1v) is 6.40. The lowest BCUT2D eigenvalue weighted by Gasteiger charge is -2.11. The van der Waals surface area contributed by atoms with Gasteiger partial charge in [0.05, 0.1) is 11.8 Å². The van der Waals surface area contributed by atoms with Crippen molar-refractivity contribution < 1.29 is 13.5 Å². The van der Waals surface area contributed by atoms with Crippen LogP contribution in [0.25, 0.3) is 0 Å². The number of halogens is 2. The number of nitrogens with two attached hydrogens (primary N) is 1. The van der Waals surface area contributed by atoms with E-state index in [1.807, 2.05) is 0 Å². The second kappa shape index (κ2) is 5.55. The molecule has 3 N–H and O–H groups in total. The summed E-state index contributed by atoms with van der Waals surface area (Å²) in [5.74, 6) is -0.751. The van der Waals surface area contributed by atoms with Crippen LogP contribution in [0.5, 0.6) is 0 Å². The molecule has 0 amide bonds. The maximum absolute atomic E-state index is 13.5. The summed E-state index contributed by atoms with van der Waals surface area (Å²) in [6.07, 6.45) is 2.32. The summed E-state index contributed by atoms with van der Waals surface area (Å²) in [5, 5.41) is 0. The number of ether oxygens (including phenoxy) is 1. The van der Waals surface area contributed by atoms with Crippen molar-refractivity contribution in [2.24, 2.45) is 0 Å². The largest absolute Gasteiger partial charge is 0.394 e. The van der Waals surface area contributed by atoms with Gasteiger partial charge in [-0.2, -0.15) is 0 Å². The van der Waals surface area contributed by atoms with E-state index in [-0.39, 0.29) is 11.8 Å². The highest BCUT2D eigenvalue weighted by Crippen LogP contribution is 2.26. The Bertz CT molecular complexity index is 397. The van der Waals surface area contributed by atoms with E-state index < -0.39 is 17.3 Å². The Morgan fingerprint density at radius 1 is 1.47 bits per heavy atom. The zero-order valence-electron chi connectivity index (χ0n) is 9.21. The third-order valence-corrected chi connectivity index (χ3v) is 3.50. The minimum atomic E-state index is -0.746. The van der Waals surface area contributed by atoms with Gasteiger partial charge in [-0.3, -0.25) is 0 Å². The first-order valence-electron chi connectivity index (χ1n) is 5.41. The maximum Gasteiger partial charge on any atom is 0.172 e. The van der Waals surface area contributed by atoms with Crippen LogP contribution in [-0.2, 0) is 4.74 Å². The lowest BCUT2D eigenvalue weighted by molar-refractivity contribution is 0.129. The molecule has 17 heavy (non-hydrogen) atoms. The van der Waals surface area contributed by atoms with Crippen LogP contribution >= 0.6 is 11.9 Å². The minimum Gasteiger partial charge on any atom is -0.394 e. The Kier molecular flexibility index (Phi) is 4.06. The van der Waals surface area contributed by atoms with Gasteiger partial charge in [0.25, 0.3) is 0 Å². The highest BCUT2D eigenvalue weighted by molar-refractivity contribution is 8.00. The molecule has 1 aromatic carbocycles. The number of rotatable bonds is 4. The van der Waals surface area contributed by atoms with Gasteiger partial charge in [0.15, 0.2) is 5.82 Å². The summed E-state index contributed by atoms with van der Waals surface area (Å²) in [6.45, 7) is 0.795. The molecule has 1 unspecified atom stereocenters. The Morgan fingerprint density at radius 3 is 3.00 bits per heavy atom. The summed E-state index contributed by atoms with van der Waals surface area (Å²) >= 11 is 1.34. The fourth-order valence-electron chi connectivity index (χ4n) is 1.64. The molecule has 0 aliphatic carbocycles. The van der Waals surface area contributed by atoms with Crippen LogP contribution in [0.3, 0.4) is 0 Å². The SMILES string of the molecule is Nc1c(F)ccc(NSCC2CCCO2)c1F. The molecular formula is C11H14F2N2OS. The molecule has 1 saturated heterocycles. The topological polar surface area (TPSA) is 47.3 Å². The summed E-state index contributed by atoms with van der Waals surface area (Å²) in [6, 6.07) is 2.48. The van der Waals surface area contributed by atoms with Crippen molar-refractivity contribution in [3.8, 4) is 0 Å². The van der Waals surface area contributed by atoms with Gasteiger partial charge in [0.1, 0.15) is 11.5 Å². The van der Waals surface area contributed by atoms with Gasteiger partial charge >= 0.3 is 0 Å². The van der Waals surface area contributed by atoms with Crippen molar-refractivity contribution >= 4 is 23.3 Å². The summed E-state index contributed by atoms with van der Waals surface area (Å²) < 4.78 is 34.6. The zero-order chi connectivity index (χ0) is 12.3. The van der Waals surface area contributed by atoms with Crippen LogP contribution in [0.15, 0.2) is 12.1 Å². The monoisotopic (exact) mass is 260 g/mol. The van der Waals surface area contributed by atoms with Crippen LogP contribution in [-0.4, -0.2) is 18.5 Å². The number of anilines is 2. The van der Waals surface area contributed by atoms with Crippen molar-refractivity contribution in [1.29, 1.82) is 0 Å². The minimum absolute atomic E-state index is 0.201. The van der Waals surface area contributed by atoms with Crippen molar-refractivity contribution in [2.45, 2.75) is 18.9 Å². The second-order valence-electron chi connectivity index (χ2n) is 3.87. The summed E-state index contributed by atoms with van der Waals surface area (Å²) in [7, 11) is 0. The van der Waals surface area contributed by atoms with E-state index in [0.717, 1.165) is 31.3 Å². The standard InChI is InChI=1S/C11H14F2N2OS/c12-8-3-4-9(10(13)11(8)14)15-17-6-7-2-1-5-16-7/h3-4,7,15H,1-2,5-6,14H2. The highest BCUT2D eigenvalue weighted by atomic mass is 32.2. The molecule has 94 valence electrons. The van der Waals surface area contributed by atoms with E-state index in [9.17, 15) is 8.78 Å². The van der Waals surface area contributed by atoms with E-state index >= 15 is 0 Å². The first-order chi connectivity index (χ1) is 8.18. The Balaban J connectivity index is 1.88. The molecule has 0 aromatic heterocycles. The first kappa shape index (κ1) is 12.4. The lowest BCUT2D eigenvalue weighted by Crippen LogP contribution is -2.10. The highest BCUT2D eigenvalue weighted by Gasteiger charge is 2.16. The van der Waals surface area contributed by atoms with Crippen LogP contribution in [0.4, 0.5) is 20.2 Å². The molecular weight excluding hydrogens is 246 g/mol. The number of nitrogens with one attached hydrogen (secondary N) is 1. The number of benzene rings is 1. The molecule has 1 fully saturated rings. The Morgan fingerprint density at radius 2 is 2.29 bits per heavy atom. The molecule has 0 bridgehead atoms. The normalized spacial score (nSPS) is 19.5. The maximum atomic E-state index is 13.5. The average Bonchev–Trinajstić information content (AvgIpc) is 2.82. The summed E-state index contributed by atoms with van der Waals surface area (Å²) in [5.41, 5.74) is 5.00. The van der Waals surface area contributed by atoms with Gasteiger partial charge in [-0.25, -0.2) is 8.78 Å². The smallest absolute Gasteiger partial charge is 0.172 e. The van der Waals surface area contributed by atoms with E-state index in [1.165, 1.54) is 18.0 Å². The van der Waals surface area contributed by atoms with Crippen LogP contribution in [0.2, 0.25) is 0 Å². The molecule has 1 aliphatic heterocycles. The molecule has 1 aromatic rings. The molecule has 1 atom stereocenters. The van der Waals surface area contributed by atoms with Gasteiger partial charge in [0, 0.05) is 12.4 Å². The van der Waals surface area contributed by atoms with Crippen molar-refractivity contribution in [3.63, 3.8) is 0 Å². The third-order valence-electron chi connectivity index (χ3n) is 2.60. The molecule has 1 aliphatic rings. The number of hydrogen-bond donors (Lipinski definition) is 2. The van der Waals surface area contributed by atoms with E-state index in [4.69, 9.17) is 10.5 Å². The van der Waals surface area contributed by atoms with Crippen LogP contribution in [0, 0.1) is 11.6 Å². The Labute approximate surface area is 103 Å². The molecule has 0 saturated carbocycles. The van der Waals surface area contributed by atoms with E-state index in [1.54, 1.807) is 0 Å². The zero-order valence-corrected chi connectivity index (χ0v) is 10.0. The molecule has 0 spiro atoms. The second-order valence-corrected chi connectivity index (χ2v) is 4.70. The quantitative estimate of drug-likeness (QED) is 0.645. The predicted octanol–water partition coefficient (Wildman–Crippen LogP) is 2.79. The van der Waals surface area contributed by atoms with Gasteiger partial charge in [-0.05, 0) is 36.9 Å². The van der Waals surface area contributed by atoms with Crippen molar-refractivity contribution in [1.82, 2.24) is 0 Å². The fraction of sp³-hybridized carbons (Fsp3) is 0.455. The molecule has 0 radical (unpaired) electrons. The van der Waals surface area contributed by atoms with Crippen LogP contribution in [0.1, 0.15) is 12.8 Å². The molecule has 3 nitrogen and oxygen atoms in total. The fourth-order valence-corrected chi connectivity index (χ4v) is 2.48. The molecule has 1 heterocycles. The number of nitrogen functional groups attached to an aromatic ring is 1. The summed E-state index contributed by atoms with van der Waals surface area (Å²) in [4.78, 5) is 0. The predicted molar refractivity (Wildman–Crippen MR) is 65.8 cm³/mol. The van der Waals surface area contributed by atoms with Crippen LogP contribution < -0.4 is 10.5 Å². The lowest BCUT2D eigenvalue weighted by atomic mass is 10.2. The third kappa shape index (κ3) is 3.01. The number of hydrogen-bond acceptors (Lipinski definition) is 4. The van der Waals surface area contributed by atoms with Gasteiger partial charge < -0.3 is 15.2 Å². The Hall–Kier alpha value is -1.01. The van der Waals surface area contributed by atoms with Gasteiger partial charge in [-0.15, -0.1) is 0 Å². The van der Waals surface area contributed by atoms with Gasteiger partial charge in [-0.1, -0.05) is 0 Å². The van der Waals surface area contributed by atoms with Crippen molar-refractivity contribution in [3.05, 3.63) is 23.8 Å². The average molecular weight is 260 g/mol. The molecule has 2 rings (SSSR count). The van der Waals surface area contributed by atoms with Gasteiger partial charge in [0.2, 0.25) is 0 Å².